The van der Waals surface area contributed by atoms with E-state index in [1.165, 1.54) is 4.90 Å². The van der Waals surface area contributed by atoms with Gasteiger partial charge in [-0.1, -0.05) is 41.4 Å². The molecule has 3 heterocycles. The lowest BCUT2D eigenvalue weighted by molar-refractivity contribution is -0.133. The number of fused-ring (bicyclic) bond motifs is 1. The summed E-state index contributed by atoms with van der Waals surface area (Å²) in [6, 6.07) is 8.50. The summed E-state index contributed by atoms with van der Waals surface area (Å²) in [5.41, 5.74) is 2.76. The van der Waals surface area contributed by atoms with Crippen LogP contribution in [0.4, 0.5) is 10.1 Å². The molecule has 1 atom stereocenters. The summed E-state index contributed by atoms with van der Waals surface area (Å²) < 4.78 is 27.1. The van der Waals surface area contributed by atoms with E-state index in [4.69, 9.17) is 32.7 Å². The molecule has 3 aliphatic heterocycles. The Morgan fingerprint density at radius 1 is 1.02 bits per heavy atom. The summed E-state index contributed by atoms with van der Waals surface area (Å²) in [4.78, 5) is 33.8. The highest BCUT2D eigenvalue weighted by Crippen LogP contribution is 2.42. The Kier molecular flexibility index (Phi) is 9.16. The highest BCUT2D eigenvalue weighted by Gasteiger charge is 2.36. The molecule has 12 heteroatoms. The second-order valence-electron chi connectivity index (χ2n) is 11.6. The smallest absolute Gasteiger partial charge is 0.333 e. The third-order valence-corrected chi connectivity index (χ3v) is 9.42. The lowest BCUT2D eigenvalue weighted by Gasteiger charge is -2.37. The Morgan fingerprint density at radius 3 is 2.50 bits per heavy atom. The zero-order valence-corrected chi connectivity index (χ0v) is 26.0. The van der Waals surface area contributed by atoms with E-state index in [1.807, 2.05) is 11.0 Å². The van der Waals surface area contributed by atoms with Gasteiger partial charge in [-0.15, -0.1) is 0 Å². The number of para-hydroxylation sites is 1. The standard InChI is InChI=1S/C32H35Cl2FN4O5/c1-36-6-3-7-37(9-8-36)21-14-25(33)29(26(34)15-21)31(40)39-18-20-4-2-5-22(30(20)44-19-39)23-17-28(38-10-12-43-13-11-38)24(32(41)42)16-27(23)35/h2,4-5,14-16,28H,3,6-13,17-19H2,1H3,(H,41,42). The van der Waals surface area contributed by atoms with Gasteiger partial charge in [0, 0.05) is 61.2 Å². The van der Waals surface area contributed by atoms with E-state index >= 15 is 4.39 Å². The molecule has 1 aliphatic carbocycles. The lowest BCUT2D eigenvalue weighted by atomic mass is 9.86. The monoisotopic (exact) mass is 644 g/mol. The Morgan fingerprint density at radius 2 is 1.77 bits per heavy atom. The molecule has 0 aromatic heterocycles. The molecule has 2 fully saturated rings. The van der Waals surface area contributed by atoms with Gasteiger partial charge in [-0.25, -0.2) is 9.18 Å². The van der Waals surface area contributed by atoms with Crippen LogP contribution in [0.15, 0.2) is 47.8 Å². The van der Waals surface area contributed by atoms with Gasteiger partial charge in [0.2, 0.25) is 0 Å². The van der Waals surface area contributed by atoms with Crippen molar-refractivity contribution in [1.82, 2.24) is 14.7 Å². The van der Waals surface area contributed by atoms with Gasteiger partial charge >= 0.3 is 5.97 Å². The van der Waals surface area contributed by atoms with E-state index in [0.717, 1.165) is 44.4 Å². The van der Waals surface area contributed by atoms with Crippen molar-refractivity contribution in [3.05, 3.63) is 74.5 Å². The van der Waals surface area contributed by atoms with Crippen LogP contribution >= 0.6 is 23.2 Å². The number of anilines is 1. The van der Waals surface area contributed by atoms with Crippen molar-refractivity contribution < 1.29 is 28.6 Å². The number of morpholine rings is 1. The maximum atomic E-state index is 15.5. The van der Waals surface area contributed by atoms with E-state index in [-0.39, 0.29) is 46.8 Å². The number of amides is 1. The van der Waals surface area contributed by atoms with Crippen LogP contribution in [-0.2, 0) is 16.1 Å². The molecule has 0 spiro atoms. The number of benzene rings is 2. The number of carbonyl (C=O) groups excluding carboxylic acids is 1. The van der Waals surface area contributed by atoms with Crippen molar-refractivity contribution in [3.63, 3.8) is 0 Å². The van der Waals surface area contributed by atoms with Gasteiger partial charge in [0.1, 0.15) is 11.6 Å². The van der Waals surface area contributed by atoms with Crippen LogP contribution in [0.5, 0.6) is 5.75 Å². The molecule has 0 bridgehead atoms. The van der Waals surface area contributed by atoms with Crippen LogP contribution in [0, 0.1) is 0 Å². The summed E-state index contributed by atoms with van der Waals surface area (Å²) in [6.45, 7) is 5.91. The van der Waals surface area contributed by atoms with Gasteiger partial charge in [0.05, 0.1) is 40.9 Å². The molecule has 0 saturated carbocycles. The van der Waals surface area contributed by atoms with Gasteiger partial charge in [-0.3, -0.25) is 9.69 Å². The van der Waals surface area contributed by atoms with Crippen molar-refractivity contribution in [3.8, 4) is 5.75 Å². The second-order valence-corrected chi connectivity index (χ2v) is 12.4. The summed E-state index contributed by atoms with van der Waals surface area (Å²) in [6.07, 6.45) is 2.32. The largest absolute Gasteiger partial charge is 0.478 e. The van der Waals surface area contributed by atoms with Crippen molar-refractivity contribution in [2.75, 3.05) is 71.2 Å². The van der Waals surface area contributed by atoms with Crippen LogP contribution in [0.2, 0.25) is 10.0 Å². The van der Waals surface area contributed by atoms with Crippen LogP contribution in [0.1, 0.15) is 34.3 Å². The first kappa shape index (κ1) is 30.9. The fraction of sp³-hybridized carbons (Fsp3) is 0.438. The molecule has 4 aliphatic rings. The second kappa shape index (κ2) is 13.1. The highest BCUT2D eigenvalue weighted by molar-refractivity contribution is 6.40. The first-order valence-corrected chi connectivity index (χ1v) is 15.6. The maximum Gasteiger partial charge on any atom is 0.333 e. The van der Waals surface area contributed by atoms with Crippen molar-refractivity contribution in [1.29, 1.82) is 0 Å². The number of carboxylic acids is 1. The van der Waals surface area contributed by atoms with Crippen molar-refractivity contribution in [2.45, 2.75) is 25.4 Å². The van der Waals surface area contributed by atoms with E-state index < -0.39 is 17.8 Å². The Bertz CT molecular complexity index is 1500. The van der Waals surface area contributed by atoms with E-state index in [0.29, 0.717) is 48.8 Å². The van der Waals surface area contributed by atoms with Crippen LogP contribution in [-0.4, -0.2) is 104 Å². The molecule has 6 rings (SSSR count). The average Bonchev–Trinajstić information content (AvgIpc) is 3.24. The number of carbonyl (C=O) groups is 2. The fourth-order valence-electron chi connectivity index (χ4n) is 6.43. The predicted molar refractivity (Wildman–Crippen MR) is 167 cm³/mol. The molecule has 0 radical (unpaired) electrons. The minimum Gasteiger partial charge on any atom is -0.478 e. The summed E-state index contributed by atoms with van der Waals surface area (Å²) >= 11 is 13.4. The van der Waals surface area contributed by atoms with Gasteiger partial charge in [0.25, 0.3) is 5.91 Å². The van der Waals surface area contributed by atoms with Crippen LogP contribution in [0.3, 0.4) is 0 Å². The molecule has 2 aromatic rings. The zero-order chi connectivity index (χ0) is 31.0. The van der Waals surface area contributed by atoms with Crippen molar-refractivity contribution in [2.24, 2.45) is 0 Å². The van der Waals surface area contributed by atoms with Crippen LogP contribution < -0.4 is 9.64 Å². The Labute approximate surface area is 266 Å². The number of hydrogen-bond donors (Lipinski definition) is 1. The first-order valence-electron chi connectivity index (χ1n) is 14.8. The first-order chi connectivity index (χ1) is 21.2. The van der Waals surface area contributed by atoms with E-state index in [9.17, 15) is 14.7 Å². The van der Waals surface area contributed by atoms with Gasteiger partial charge in [-0.2, -0.15) is 0 Å². The normalized spacial score (nSPS) is 21.8. The molecule has 234 valence electrons. The van der Waals surface area contributed by atoms with Crippen molar-refractivity contribution >= 4 is 46.3 Å². The number of ether oxygens (including phenoxy) is 2. The quantitative estimate of drug-likeness (QED) is 0.491. The minimum atomic E-state index is -1.14. The highest BCUT2D eigenvalue weighted by atomic mass is 35.5. The van der Waals surface area contributed by atoms with E-state index in [2.05, 4.69) is 16.8 Å². The third-order valence-electron chi connectivity index (χ3n) is 8.82. The van der Waals surface area contributed by atoms with Gasteiger partial charge in [0.15, 0.2) is 6.73 Å². The number of nitrogens with zero attached hydrogens (tertiary/aromatic N) is 4. The third kappa shape index (κ3) is 6.19. The summed E-state index contributed by atoms with van der Waals surface area (Å²) in [5, 5.41) is 10.4. The number of allylic oxidation sites excluding steroid dienone is 2. The number of halogens is 3. The molecular formula is C32H35Cl2FN4O5. The fourth-order valence-corrected chi connectivity index (χ4v) is 7.07. The molecule has 44 heavy (non-hydrogen) atoms. The maximum absolute atomic E-state index is 15.5. The lowest BCUT2D eigenvalue weighted by Crippen LogP contribution is -2.46. The molecule has 9 nitrogen and oxygen atoms in total. The van der Waals surface area contributed by atoms with Gasteiger partial charge in [-0.05, 0) is 44.6 Å². The molecule has 2 aromatic carbocycles. The van der Waals surface area contributed by atoms with Gasteiger partial charge < -0.3 is 29.3 Å². The minimum absolute atomic E-state index is 0.0265. The zero-order valence-electron chi connectivity index (χ0n) is 24.5. The Hall–Kier alpha value is -3.15. The number of likely N-dealkylation sites (N-methyl/N-ethyl adjacent to an activating group) is 1. The number of rotatable bonds is 5. The summed E-state index contributed by atoms with van der Waals surface area (Å²) in [5.74, 6) is -1.62. The Balaban J connectivity index is 1.24. The summed E-state index contributed by atoms with van der Waals surface area (Å²) in [7, 11) is 2.10. The topological polar surface area (TPSA) is 85.8 Å². The molecule has 1 N–H and O–H groups in total. The number of hydrogen-bond acceptors (Lipinski definition) is 7. The molecule has 1 amide bonds. The number of aliphatic carboxylic acids is 1. The molecule has 2 saturated heterocycles. The van der Waals surface area contributed by atoms with Crippen LogP contribution in [0.25, 0.3) is 5.57 Å². The molecular weight excluding hydrogens is 610 g/mol. The molecule has 1 unspecified atom stereocenters. The average molecular weight is 646 g/mol. The predicted octanol–water partition coefficient (Wildman–Crippen LogP) is 4.92. The SMILES string of the molecule is CN1CCCN(c2cc(Cl)c(C(=O)N3COc4c(cccc4C4=C(F)C=C(C(=O)O)C(N5CCOCC5)C4)C3)c(Cl)c2)CC1. The van der Waals surface area contributed by atoms with E-state index in [1.54, 1.807) is 24.3 Å². The number of carboxylic acid groups (broad SMARTS) is 1.